The van der Waals surface area contributed by atoms with Crippen molar-refractivity contribution in [3.63, 3.8) is 0 Å². The molecule has 1 aromatic carbocycles. The van der Waals surface area contributed by atoms with Crippen LogP contribution in [-0.4, -0.2) is 26.2 Å². The zero-order valence-corrected chi connectivity index (χ0v) is 10.7. The molecule has 0 aromatic heterocycles. The Morgan fingerprint density at radius 2 is 2.24 bits per heavy atom. The average Bonchev–Trinajstić information content (AvgIpc) is 2.26. The Bertz CT molecular complexity index is 396. The molecule has 0 spiro atoms. The van der Waals surface area contributed by atoms with E-state index in [9.17, 15) is 0 Å². The van der Waals surface area contributed by atoms with Crippen molar-refractivity contribution in [3.8, 4) is 0 Å². The van der Waals surface area contributed by atoms with Gasteiger partial charge in [0.25, 0.3) is 0 Å². The monoisotopic (exact) mass is 230 g/mol. The lowest BCUT2D eigenvalue weighted by atomic mass is 9.96. The molecule has 92 valence electrons. The molecule has 17 heavy (non-hydrogen) atoms. The Hall–Kier alpha value is -1.02. The fourth-order valence-corrected chi connectivity index (χ4v) is 2.93. The zero-order valence-electron chi connectivity index (χ0n) is 10.7. The minimum absolute atomic E-state index is 0.922. The Morgan fingerprint density at radius 3 is 3.00 bits per heavy atom. The van der Waals surface area contributed by atoms with Crippen molar-refractivity contribution in [3.05, 3.63) is 29.3 Å². The van der Waals surface area contributed by atoms with Crippen molar-refractivity contribution in [2.75, 3.05) is 31.1 Å². The highest BCUT2D eigenvalue weighted by molar-refractivity contribution is 5.56. The van der Waals surface area contributed by atoms with Gasteiger partial charge in [0.05, 0.1) is 0 Å². The molecule has 2 aliphatic rings. The molecule has 0 bridgehead atoms. The third kappa shape index (κ3) is 2.32. The van der Waals surface area contributed by atoms with Gasteiger partial charge >= 0.3 is 0 Å². The molecule has 0 radical (unpaired) electrons. The van der Waals surface area contributed by atoms with Crippen LogP contribution in [0.2, 0.25) is 0 Å². The first kappa shape index (κ1) is 11.1. The van der Waals surface area contributed by atoms with Crippen LogP contribution in [0.15, 0.2) is 18.2 Å². The lowest BCUT2D eigenvalue weighted by Gasteiger charge is -2.35. The number of benzene rings is 1. The Morgan fingerprint density at radius 1 is 1.35 bits per heavy atom. The fraction of sp³-hybridized carbons (Fsp3) is 0.600. The van der Waals surface area contributed by atoms with Gasteiger partial charge < -0.3 is 10.2 Å². The molecule has 0 aliphatic carbocycles. The van der Waals surface area contributed by atoms with Gasteiger partial charge in [-0.1, -0.05) is 17.7 Å². The van der Waals surface area contributed by atoms with Gasteiger partial charge in [-0.2, -0.15) is 0 Å². The van der Waals surface area contributed by atoms with Crippen LogP contribution in [0, 0.1) is 12.8 Å². The highest BCUT2D eigenvalue weighted by Crippen LogP contribution is 2.28. The van der Waals surface area contributed by atoms with Crippen LogP contribution in [0.3, 0.4) is 0 Å². The third-order valence-electron chi connectivity index (χ3n) is 4.12. The van der Waals surface area contributed by atoms with E-state index < -0.39 is 0 Å². The fourth-order valence-electron chi connectivity index (χ4n) is 2.93. The number of nitrogens with one attached hydrogen (secondary N) is 1. The molecule has 2 heterocycles. The summed E-state index contributed by atoms with van der Waals surface area (Å²) in [5.74, 6) is 0.922. The first-order valence-electron chi connectivity index (χ1n) is 6.88. The molecule has 1 saturated heterocycles. The normalized spacial score (nSPS) is 19.9. The molecule has 2 heteroatoms. The topological polar surface area (TPSA) is 15.3 Å². The van der Waals surface area contributed by atoms with Crippen LogP contribution in [0.25, 0.3) is 0 Å². The molecule has 3 rings (SSSR count). The number of hydrogen-bond donors (Lipinski definition) is 1. The quantitative estimate of drug-likeness (QED) is 0.857. The van der Waals surface area contributed by atoms with Gasteiger partial charge in [0, 0.05) is 18.8 Å². The molecule has 0 unspecified atom stereocenters. The van der Waals surface area contributed by atoms with Gasteiger partial charge in [0.1, 0.15) is 0 Å². The maximum atomic E-state index is 3.36. The summed E-state index contributed by atoms with van der Waals surface area (Å²) in [4.78, 5) is 2.59. The highest BCUT2D eigenvalue weighted by atomic mass is 15.1. The maximum Gasteiger partial charge on any atom is 0.0398 e. The molecule has 0 atom stereocenters. The predicted octanol–water partition coefficient (Wildman–Crippen LogP) is 2.36. The third-order valence-corrected chi connectivity index (χ3v) is 4.12. The molecule has 1 aromatic rings. The molecule has 2 nitrogen and oxygen atoms in total. The van der Waals surface area contributed by atoms with E-state index in [1.54, 1.807) is 5.56 Å². The Labute approximate surface area is 104 Å². The van der Waals surface area contributed by atoms with E-state index in [-0.39, 0.29) is 0 Å². The lowest BCUT2D eigenvalue weighted by Crippen LogP contribution is -2.44. The van der Waals surface area contributed by atoms with E-state index in [1.165, 1.54) is 56.7 Å². The van der Waals surface area contributed by atoms with E-state index in [0.29, 0.717) is 0 Å². The number of fused-ring (bicyclic) bond motifs is 1. The smallest absolute Gasteiger partial charge is 0.0398 e. The minimum atomic E-state index is 0.922. The van der Waals surface area contributed by atoms with Crippen LogP contribution in [0.1, 0.15) is 24.0 Å². The SMILES string of the molecule is Cc1ccc2c(c1)CCCN2CCC1CNC1. The molecular weight excluding hydrogens is 208 g/mol. The first-order chi connectivity index (χ1) is 8.33. The second-order valence-electron chi connectivity index (χ2n) is 5.54. The lowest BCUT2D eigenvalue weighted by molar-refractivity contribution is 0.328. The highest BCUT2D eigenvalue weighted by Gasteiger charge is 2.20. The standard InChI is InChI=1S/C15H22N2/c1-12-4-5-15-14(9-12)3-2-7-17(15)8-6-13-10-16-11-13/h4-5,9,13,16H,2-3,6-8,10-11H2,1H3. The second kappa shape index (κ2) is 4.69. The summed E-state index contributed by atoms with van der Waals surface area (Å²) < 4.78 is 0. The van der Waals surface area contributed by atoms with Crippen LogP contribution >= 0.6 is 0 Å². The predicted molar refractivity (Wildman–Crippen MR) is 72.7 cm³/mol. The van der Waals surface area contributed by atoms with E-state index in [4.69, 9.17) is 0 Å². The number of rotatable bonds is 3. The van der Waals surface area contributed by atoms with E-state index in [1.807, 2.05) is 0 Å². The molecular formula is C15H22N2. The van der Waals surface area contributed by atoms with Gasteiger partial charge in [-0.05, 0) is 56.8 Å². The van der Waals surface area contributed by atoms with Crippen LogP contribution in [0.5, 0.6) is 0 Å². The molecule has 2 aliphatic heterocycles. The summed E-state index contributed by atoms with van der Waals surface area (Å²) in [6.07, 6.45) is 3.93. The second-order valence-corrected chi connectivity index (χ2v) is 5.54. The molecule has 0 amide bonds. The van der Waals surface area contributed by atoms with Crippen molar-refractivity contribution < 1.29 is 0 Å². The summed E-state index contributed by atoms with van der Waals surface area (Å²) in [5.41, 5.74) is 4.45. The summed E-state index contributed by atoms with van der Waals surface area (Å²) in [6.45, 7) is 7.14. The van der Waals surface area contributed by atoms with Crippen LogP contribution in [-0.2, 0) is 6.42 Å². The maximum absolute atomic E-state index is 3.36. The van der Waals surface area contributed by atoms with Gasteiger partial charge in [0.15, 0.2) is 0 Å². The molecule has 0 saturated carbocycles. The number of anilines is 1. The summed E-state index contributed by atoms with van der Waals surface area (Å²) in [5, 5.41) is 3.36. The molecule has 1 fully saturated rings. The largest absolute Gasteiger partial charge is 0.371 e. The van der Waals surface area contributed by atoms with Crippen LogP contribution in [0.4, 0.5) is 5.69 Å². The van der Waals surface area contributed by atoms with E-state index >= 15 is 0 Å². The number of nitrogens with zero attached hydrogens (tertiary/aromatic N) is 1. The first-order valence-corrected chi connectivity index (χ1v) is 6.88. The zero-order chi connectivity index (χ0) is 11.7. The van der Waals surface area contributed by atoms with Crippen molar-refractivity contribution in [1.29, 1.82) is 0 Å². The van der Waals surface area contributed by atoms with Gasteiger partial charge in [-0.15, -0.1) is 0 Å². The Balaban J connectivity index is 1.69. The molecule has 1 N–H and O–H groups in total. The Kier molecular flexibility index (Phi) is 3.06. The van der Waals surface area contributed by atoms with Crippen molar-refractivity contribution >= 4 is 5.69 Å². The van der Waals surface area contributed by atoms with Crippen molar-refractivity contribution in [2.45, 2.75) is 26.2 Å². The van der Waals surface area contributed by atoms with Crippen LogP contribution < -0.4 is 10.2 Å². The summed E-state index contributed by atoms with van der Waals surface area (Å²) in [7, 11) is 0. The summed E-state index contributed by atoms with van der Waals surface area (Å²) in [6, 6.07) is 6.94. The van der Waals surface area contributed by atoms with Gasteiger partial charge in [-0.25, -0.2) is 0 Å². The minimum Gasteiger partial charge on any atom is -0.371 e. The van der Waals surface area contributed by atoms with Gasteiger partial charge in [-0.3, -0.25) is 0 Å². The van der Waals surface area contributed by atoms with E-state index in [0.717, 1.165) is 5.92 Å². The van der Waals surface area contributed by atoms with Crippen molar-refractivity contribution in [1.82, 2.24) is 5.32 Å². The van der Waals surface area contributed by atoms with Crippen molar-refractivity contribution in [2.24, 2.45) is 5.92 Å². The number of hydrogen-bond acceptors (Lipinski definition) is 2. The van der Waals surface area contributed by atoms with E-state index in [2.05, 4.69) is 35.3 Å². The average molecular weight is 230 g/mol. The van der Waals surface area contributed by atoms with Gasteiger partial charge in [0.2, 0.25) is 0 Å². The number of aryl methyl sites for hydroxylation is 2. The summed E-state index contributed by atoms with van der Waals surface area (Å²) >= 11 is 0.